The lowest BCUT2D eigenvalue weighted by molar-refractivity contribution is 0.419. The lowest BCUT2D eigenvalue weighted by Gasteiger charge is -2.19. The zero-order valence-corrected chi connectivity index (χ0v) is 13.2. The Morgan fingerprint density at radius 1 is 1.28 bits per heavy atom. The third-order valence-electron chi connectivity index (χ3n) is 2.81. The SMILES string of the molecule is COc1ccc(Br)c2nc(C(C)(C)C)cc(Cl)c12. The maximum atomic E-state index is 6.38. The first-order chi connectivity index (χ1) is 8.34. The Labute approximate surface area is 120 Å². The van der Waals surface area contributed by atoms with Crippen LogP contribution in [0.15, 0.2) is 22.7 Å². The van der Waals surface area contributed by atoms with Crippen molar-refractivity contribution in [2.24, 2.45) is 0 Å². The summed E-state index contributed by atoms with van der Waals surface area (Å²) in [6.45, 7) is 6.35. The maximum absolute atomic E-state index is 6.38. The third kappa shape index (κ3) is 2.34. The molecule has 0 N–H and O–H groups in total. The number of rotatable bonds is 1. The van der Waals surface area contributed by atoms with Crippen molar-refractivity contribution in [1.29, 1.82) is 0 Å². The number of hydrogen-bond donors (Lipinski definition) is 0. The van der Waals surface area contributed by atoms with Crippen LogP contribution < -0.4 is 4.74 Å². The number of halogens is 2. The van der Waals surface area contributed by atoms with E-state index >= 15 is 0 Å². The molecule has 0 bridgehead atoms. The Hall–Kier alpha value is -0.800. The van der Waals surface area contributed by atoms with Gasteiger partial charge in [0.05, 0.1) is 23.0 Å². The van der Waals surface area contributed by atoms with Crippen molar-refractivity contribution in [3.05, 3.63) is 33.4 Å². The molecule has 1 aromatic carbocycles. The molecule has 0 radical (unpaired) electrons. The van der Waals surface area contributed by atoms with Gasteiger partial charge in [-0.05, 0) is 34.1 Å². The summed E-state index contributed by atoms with van der Waals surface area (Å²) in [5.74, 6) is 0.742. The topological polar surface area (TPSA) is 22.1 Å². The van der Waals surface area contributed by atoms with E-state index in [1.807, 2.05) is 18.2 Å². The van der Waals surface area contributed by atoms with Crippen LogP contribution in [0.25, 0.3) is 10.9 Å². The molecule has 18 heavy (non-hydrogen) atoms. The highest BCUT2D eigenvalue weighted by molar-refractivity contribution is 9.10. The minimum absolute atomic E-state index is 0.0413. The second-order valence-electron chi connectivity index (χ2n) is 5.21. The number of benzene rings is 1. The number of methoxy groups -OCH3 is 1. The molecule has 0 atom stereocenters. The first-order valence-electron chi connectivity index (χ1n) is 5.68. The zero-order chi connectivity index (χ0) is 13.5. The number of nitrogens with zero attached hydrogens (tertiary/aromatic N) is 1. The molecule has 0 saturated carbocycles. The van der Waals surface area contributed by atoms with Crippen LogP contribution in [0.2, 0.25) is 5.02 Å². The molecule has 0 amide bonds. The van der Waals surface area contributed by atoms with E-state index in [0.29, 0.717) is 5.02 Å². The average molecular weight is 329 g/mol. The number of ether oxygens (including phenoxy) is 1. The molecule has 0 aliphatic heterocycles. The van der Waals surface area contributed by atoms with Gasteiger partial charge in [0, 0.05) is 15.6 Å². The van der Waals surface area contributed by atoms with Gasteiger partial charge < -0.3 is 4.74 Å². The lowest BCUT2D eigenvalue weighted by atomic mass is 9.91. The number of aromatic nitrogens is 1. The van der Waals surface area contributed by atoms with Crippen LogP contribution in [-0.4, -0.2) is 12.1 Å². The predicted molar refractivity (Wildman–Crippen MR) is 79.7 cm³/mol. The second-order valence-corrected chi connectivity index (χ2v) is 6.47. The minimum atomic E-state index is -0.0413. The minimum Gasteiger partial charge on any atom is -0.496 e. The van der Waals surface area contributed by atoms with Crippen molar-refractivity contribution >= 4 is 38.4 Å². The number of hydrogen-bond acceptors (Lipinski definition) is 2. The highest BCUT2D eigenvalue weighted by atomic mass is 79.9. The quantitative estimate of drug-likeness (QED) is 0.738. The summed E-state index contributed by atoms with van der Waals surface area (Å²) in [6, 6.07) is 5.73. The first-order valence-corrected chi connectivity index (χ1v) is 6.85. The average Bonchev–Trinajstić information content (AvgIpc) is 2.29. The van der Waals surface area contributed by atoms with Gasteiger partial charge in [0.1, 0.15) is 5.75 Å². The highest BCUT2D eigenvalue weighted by Gasteiger charge is 2.19. The van der Waals surface area contributed by atoms with Gasteiger partial charge in [0.2, 0.25) is 0 Å². The smallest absolute Gasteiger partial charge is 0.129 e. The molecule has 96 valence electrons. The summed E-state index contributed by atoms with van der Waals surface area (Å²) in [6.07, 6.45) is 0. The van der Waals surface area contributed by atoms with E-state index in [4.69, 9.17) is 21.3 Å². The Kier molecular flexibility index (Phi) is 3.56. The Balaban J connectivity index is 2.85. The second kappa shape index (κ2) is 4.71. The molecule has 2 aromatic rings. The Morgan fingerprint density at radius 2 is 1.94 bits per heavy atom. The summed E-state index contributed by atoms with van der Waals surface area (Å²) in [7, 11) is 1.64. The highest BCUT2D eigenvalue weighted by Crippen LogP contribution is 2.37. The van der Waals surface area contributed by atoms with Crippen LogP contribution in [0.5, 0.6) is 5.75 Å². The monoisotopic (exact) mass is 327 g/mol. The van der Waals surface area contributed by atoms with Crippen molar-refractivity contribution in [2.45, 2.75) is 26.2 Å². The van der Waals surface area contributed by atoms with Gasteiger partial charge in [0.25, 0.3) is 0 Å². The van der Waals surface area contributed by atoms with Gasteiger partial charge in [-0.1, -0.05) is 32.4 Å². The van der Waals surface area contributed by atoms with Gasteiger partial charge in [0.15, 0.2) is 0 Å². The number of pyridine rings is 1. The van der Waals surface area contributed by atoms with Crippen molar-refractivity contribution in [2.75, 3.05) is 7.11 Å². The summed E-state index contributed by atoms with van der Waals surface area (Å²) in [4.78, 5) is 4.70. The predicted octanol–water partition coefficient (Wildman–Crippen LogP) is 4.96. The van der Waals surface area contributed by atoms with E-state index in [1.54, 1.807) is 7.11 Å². The van der Waals surface area contributed by atoms with Gasteiger partial charge in [-0.2, -0.15) is 0 Å². The molecule has 2 rings (SSSR count). The fraction of sp³-hybridized carbons (Fsp3) is 0.357. The molecule has 1 heterocycles. The van der Waals surface area contributed by atoms with E-state index in [1.165, 1.54) is 0 Å². The molecule has 0 unspecified atom stereocenters. The molecule has 0 aliphatic rings. The van der Waals surface area contributed by atoms with E-state index in [9.17, 15) is 0 Å². The standard InChI is InChI=1S/C14H15BrClNO/c1-14(2,3)11-7-9(16)12-10(18-4)6-5-8(15)13(12)17-11/h5-7H,1-4H3. The van der Waals surface area contributed by atoms with Crippen molar-refractivity contribution < 1.29 is 4.74 Å². The van der Waals surface area contributed by atoms with E-state index in [0.717, 1.165) is 26.8 Å². The molecule has 0 aliphatic carbocycles. The van der Waals surface area contributed by atoms with E-state index < -0.39 is 0 Å². The fourth-order valence-electron chi connectivity index (χ4n) is 1.79. The zero-order valence-electron chi connectivity index (χ0n) is 10.8. The first kappa shape index (κ1) is 13.6. The largest absolute Gasteiger partial charge is 0.496 e. The fourth-order valence-corrected chi connectivity index (χ4v) is 2.49. The summed E-state index contributed by atoms with van der Waals surface area (Å²) in [5, 5.41) is 1.52. The van der Waals surface area contributed by atoms with Crippen LogP contribution >= 0.6 is 27.5 Å². The van der Waals surface area contributed by atoms with Crippen molar-refractivity contribution in [3.63, 3.8) is 0 Å². The van der Waals surface area contributed by atoms with Crippen molar-refractivity contribution in [3.8, 4) is 5.75 Å². The van der Waals surface area contributed by atoms with Gasteiger partial charge in [-0.15, -0.1) is 0 Å². The van der Waals surface area contributed by atoms with Crippen LogP contribution in [0.1, 0.15) is 26.5 Å². The molecule has 0 fully saturated rings. The molecule has 1 aromatic heterocycles. The maximum Gasteiger partial charge on any atom is 0.129 e. The molecule has 2 nitrogen and oxygen atoms in total. The van der Waals surface area contributed by atoms with Crippen LogP contribution in [0, 0.1) is 0 Å². The Bertz CT molecular complexity index is 605. The van der Waals surface area contributed by atoms with Crippen molar-refractivity contribution in [1.82, 2.24) is 4.98 Å². The van der Waals surface area contributed by atoms with E-state index in [-0.39, 0.29) is 5.41 Å². The third-order valence-corrected chi connectivity index (χ3v) is 3.75. The summed E-state index contributed by atoms with van der Waals surface area (Å²) < 4.78 is 6.27. The molecule has 4 heteroatoms. The summed E-state index contributed by atoms with van der Waals surface area (Å²) >= 11 is 9.90. The molecule has 0 spiro atoms. The van der Waals surface area contributed by atoms with Gasteiger partial charge >= 0.3 is 0 Å². The molecular formula is C14H15BrClNO. The molecule has 0 saturated heterocycles. The van der Waals surface area contributed by atoms with Gasteiger partial charge in [-0.25, -0.2) is 0 Å². The van der Waals surface area contributed by atoms with E-state index in [2.05, 4.69) is 36.7 Å². The number of fused-ring (bicyclic) bond motifs is 1. The van der Waals surface area contributed by atoms with Crippen LogP contribution in [-0.2, 0) is 5.41 Å². The lowest BCUT2D eigenvalue weighted by Crippen LogP contribution is -2.13. The Morgan fingerprint density at radius 3 is 2.50 bits per heavy atom. The molecular weight excluding hydrogens is 314 g/mol. The van der Waals surface area contributed by atoms with Gasteiger partial charge in [-0.3, -0.25) is 4.98 Å². The van der Waals surface area contributed by atoms with Crippen LogP contribution in [0.3, 0.4) is 0 Å². The summed E-state index contributed by atoms with van der Waals surface area (Å²) in [5.41, 5.74) is 1.76. The van der Waals surface area contributed by atoms with Crippen LogP contribution in [0.4, 0.5) is 0 Å². The normalized spacial score (nSPS) is 11.9.